The molecule has 0 spiro atoms. The minimum absolute atomic E-state index is 0.628. The number of halogens is 1. The molecule has 0 aromatic heterocycles. The summed E-state index contributed by atoms with van der Waals surface area (Å²) >= 11 is 2.29. The number of benzene rings is 1. The molecular weight excluding hydrogens is 484 g/mol. The van der Waals surface area contributed by atoms with E-state index in [9.17, 15) is 0 Å². The van der Waals surface area contributed by atoms with Crippen molar-refractivity contribution in [1.29, 1.82) is 0 Å². The normalized spacial score (nSPS) is 11.0. The highest BCUT2D eigenvalue weighted by molar-refractivity contribution is 14.1. The highest BCUT2D eigenvalue weighted by atomic mass is 127. The summed E-state index contributed by atoms with van der Waals surface area (Å²) in [6, 6.07) is 0. The molecular formula is C22H36B6IN2. The molecule has 0 atom stereocenters. The maximum Gasteiger partial charge on any atom is 0.113 e. The minimum Gasteiger partial charge on any atom is -0.279 e. The molecule has 0 heterocycles. The van der Waals surface area contributed by atoms with Gasteiger partial charge in [0, 0.05) is 28.9 Å². The van der Waals surface area contributed by atoms with Crippen LogP contribution in [-0.4, -0.2) is 54.9 Å². The SMILES string of the molecule is CCI.[B][B]c1c([B])c(C)c(NN=C(C)CCCCCCCCCC)c(B([B])[B])c1C. The zero-order valence-corrected chi connectivity index (χ0v) is 22.5. The Balaban J connectivity index is 0.00000282. The molecule has 0 saturated carbocycles. The van der Waals surface area contributed by atoms with E-state index in [1.807, 2.05) is 20.8 Å². The van der Waals surface area contributed by atoms with E-state index in [1.54, 1.807) is 0 Å². The average Bonchev–Trinajstić information content (AvgIpc) is 2.72. The average molecular weight is 520 g/mol. The van der Waals surface area contributed by atoms with E-state index in [-0.39, 0.29) is 0 Å². The molecule has 1 N–H and O–H groups in total. The molecule has 0 bridgehead atoms. The van der Waals surface area contributed by atoms with Crippen molar-refractivity contribution in [2.45, 2.75) is 92.4 Å². The molecule has 1 rings (SSSR count). The van der Waals surface area contributed by atoms with Crippen LogP contribution < -0.4 is 21.8 Å². The van der Waals surface area contributed by atoms with Gasteiger partial charge in [0.2, 0.25) is 0 Å². The van der Waals surface area contributed by atoms with Crippen molar-refractivity contribution in [2.24, 2.45) is 5.10 Å². The first-order valence-electron chi connectivity index (χ1n) is 11.6. The van der Waals surface area contributed by atoms with Gasteiger partial charge in [0.05, 0.1) is 19.4 Å². The second-order valence-electron chi connectivity index (χ2n) is 8.01. The van der Waals surface area contributed by atoms with Gasteiger partial charge in [0.1, 0.15) is 7.85 Å². The number of nitrogens with one attached hydrogen (secondary N) is 1. The standard InChI is InChI=1S/C20H31B6N2.C2H5I/c1-5-6-7-8-9-10-11-12-13-14(2)27-28-20-15(3)17(21)18(25-22)16(4)19(20)26(23)24;1-2-3/h28H,5-13H2,1-4H3;2H2,1H3. The number of anilines is 1. The molecule has 0 fully saturated rings. The molecule has 0 unspecified atom stereocenters. The first-order valence-corrected chi connectivity index (χ1v) is 13.1. The number of nitrogens with zero attached hydrogens (tertiary/aromatic N) is 1. The fourth-order valence-corrected chi connectivity index (χ4v) is 3.57. The Morgan fingerprint density at radius 2 is 1.52 bits per heavy atom. The Hall–Kier alpha value is -0.190. The zero-order valence-electron chi connectivity index (χ0n) is 20.4. The van der Waals surface area contributed by atoms with E-state index in [0.29, 0.717) is 5.46 Å². The van der Waals surface area contributed by atoms with Gasteiger partial charge in [-0.2, -0.15) is 5.10 Å². The van der Waals surface area contributed by atoms with Crippen molar-refractivity contribution in [2.75, 3.05) is 9.85 Å². The van der Waals surface area contributed by atoms with Gasteiger partial charge in [-0.1, -0.05) is 97.9 Å². The lowest BCUT2D eigenvalue weighted by Crippen LogP contribution is -2.47. The van der Waals surface area contributed by atoms with Crippen LogP contribution in [0.5, 0.6) is 0 Å². The van der Waals surface area contributed by atoms with Gasteiger partial charge in [-0.3, -0.25) is 5.43 Å². The quantitative estimate of drug-likeness (QED) is 0.106. The molecule has 9 radical (unpaired) electrons. The molecule has 1 aromatic rings. The van der Waals surface area contributed by atoms with Gasteiger partial charge in [-0.05, 0) is 43.6 Å². The van der Waals surface area contributed by atoms with E-state index in [1.165, 1.54) is 56.5 Å². The smallest absolute Gasteiger partial charge is 0.113 e. The highest BCUT2D eigenvalue weighted by Gasteiger charge is 2.18. The Kier molecular flexibility index (Phi) is 18.1. The van der Waals surface area contributed by atoms with Gasteiger partial charge >= 0.3 is 0 Å². The predicted molar refractivity (Wildman–Crippen MR) is 158 cm³/mol. The van der Waals surface area contributed by atoms with Crippen molar-refractivity contribution in [3.05, 3.63) is 11.1 Å². The van der Waals surface area contributed by atoms with Gasteiger partial charge in [-0.15, -0.1) is 5.46 Å². The summed E-state index contributed by atoms with van der Waals surface area (Å²) in [5.41, 5.74) is 8.96. The van der Waals surface area contributed by atoms with Crippen LogP contribution in [0.1, 0.15) is 89.7 Å². The molecule has 0 aliphatic heterocycles. The third-order valence-electron chi connectivity index (χ3n) is 5.40. The van der Waals surface area contributed by atoms with E-state index >= 15 is 0 Å². The van der Waals surface area contributed by atoms with Crippen molar-refractivity contribution >= 4 is 95.1 Å². The highest BCUT2D eigenvalue weighted by Crippen LogP contribution is 2.13. The lowest BCUT2D eigenvalue weighted by atomic mass is 9.16. The molecule has 2 nitrogen and oxygen atoms in total. The number of hydrazone groups is 1. The fourth-order valence-electron chi connectivity index (χ4n) is 3.57. The number of unbranched alkanes of at least 4 members (excludes halogenated alkanes) is 7. The van der Waals surface area contributed by atoms with Crippen molar-refractivity contribution < 1.29 is 0 Å². The molecule has 0 aliphatic rings. The van der Waals surface area contributed by atoms with Crippen molar-refractivity contribution in [3.63, 3.8) is 0 Å². The maximum atomic E-state index is 6.25. The van der Waals surface area contributed by atoms with Crippen LogP contribution in [0.25, 0.3) is 0 Å². The monoisotopic (exact) mass is 521 g/mol. The summed E-state index contributed by atoms with van der Waals surface area (Å²) in [5, 5.41) is 4.55. The van der Waals surface area contributed by atoms with E-state index in [2.05, 4.69) is 47.0 Å². The summed E-state index contributed by atoms with van der Waals surface area (Å²) in [5.74, 6) is 0. The van der Waals surface area contributed by atoms with E-state index in [4.69, 9.17) is 31.1 Å². The summed E-state index contributed by atoms with van der Waals surface area (Å²) in [7, 11) is 25.5. The Labute approximate surface area is 212 Å². The molecule has 1 aromatic carbocycles. The van der Waals surface area contributed by atoms with Crippen LogP contribution in [0.3, 0.4) is 0 Å². The minimum atomic E-state index is -0.635. The van der Waals surface area contributed by atoms with Crippen LogP contribution >= 0.6 is 22.6 Å². The molecule has 9 heteroatoms. The van der Waals surface area contributed by atoms with Gasteiger partial charge < -0.3 is 0 Å². The van der Waals surface area contributed by atoms with Gasteiger partial charge in [0.15, 0.2) is 0 Å². The van der Waals surface area contributed by atoms with Crippen LogP contribution in [-0.2, 0) is 0 Å². The van der Waals surface area contributed by atoms with E-state index < -0.39 is 6.49 Å². The first-order chi connectivity index (χ1) is 14.8. The molecule has 0 saturated heterocycles. The number of hydrogen-bond acceptors (Lipinski definition) is 2. The Morgan fingerprint density at radius 3 is 2.00 bits per heavy atom. The van der Waals surface area contributed by atoms with Crippen molar-refractivity contribution in [1.82, 2.24) is 0 Å². The van der Waals surface area contributed by atoms with Gasteiger partial charge in [0.25, 0.3) is 0 Å². The van der Waals surface area contributed by atoms with Crippen LogP contribution in [0, 0.1) is 13.8 Å². The third kappa shape index (κ3) is 11.5. The second kappa shape index (κ2) is 18.3. The van der Waals surface area contributed by atoms with Crippen molar-refractivity contribution in [3.8, 4) is 0 Å². The van der Waals surface area contributed by atoms with Crippen LogP contribution in [0.2, 0.25) is 0 Å². The lowest BCUT2D eigenvalue weighted by Gasteiger charge is -2.24. The molecule has 159 valence electrons. The first kappa shape index (κ1) is 30.8. The topological polar surface area (TPSA) is 24.4 Å². The lowest BCUT2D eigenvalue weighted by molar-refractivity contribution is 0.580. The second-order valence-corrected chi connectivity index (χ2v) is 9.54. The molecule has 0 amide bonds. The summed E-state index contributed by atoms with van der Waals surface area (Å²) in [4.78, 5) is 0. The molecule has 0 aliphatic carbocycles. The fraction of sp³-hybridized carbons (Fsp3) is 0.682. The number of hydrogen-bond donors (Lipinski definition) is 1. The van der Waals surface area contributed by atoms with Crippen LogP contribution in [0.15, 0.2) is 5.10 Å². The third-order valence-corrected chi connectivity index (χ3v) is 5.40. The summed E-state index contributed by atoms with van der Waals surface area (Å²) in [6.07, 6.45) is 11.4. The predicted octanol–water partition coefficient (Wildman–Crippen LogP) is 3.30. The largest absolute Gasteiger partial charge is 0.279 e. The summed E-state index contributed by atoms with van der Waals surface area (Å²) in [6.45, 7) is 9.63. The summed E-state index contributed by atoms with van der Waals surface area (Å²) < 4.78 is 1.22. The van der Waals surface area contributed by atoms with E-state index in [0.717, 1.165) is 46.3 Å². The molecule has 31 heavy (non-hydrogen) atoms. The Bertz CT molecular complexity index is 668. The zero-order chi connectivity index (χ0) is 23.8. The number of rotatable bonds is 13. The Morgan fingerprint density at radius 1 is 1.00 bits per heavy atom. The maximum absolute atomic E-state index is 6.25. The number of alkyl halides is 1. The van der Waals surface area contributed by atoms with Crippen LogP contribution in [0.4, 0.5) is 5.69 Å². The van der Waals surface area contributed by atoms with Gasteiger partial charge in [-0.25, -0.2) is 0 Å².